The highest BCUT2D eigenvalue weighted by Crippen LogP contribution is 2.10. The summed E-state index contributed by atoms with van der Waals surface area (Å²) in [5, 5.41) is 18.5. The van der Waals surface area contributed by atoms with Crippen LogP contribution in [0.25, 0.3) is 0 Å². The van der Waals surface area contributed by atoms with Crippen molar-refractivity contribution in [1.82, 2.24) is 0 Å². The fourth-order valence-electron chi connectivity index (χ4n) is 2.83. The van der Waals surface area contributed by atoms with Gasteiger partial charge >= 0.3 is 5.97 Å². The second-order valence-corrected chi connectivity index (χ2v) is 7.17. The van der Waals surface area contributed by atoms with Gasteiger partial charge in [-0.1, -0.05) is 64.0 Å². The molecule has 0 bridgehead atoms. The van der Waals surface area contributed by atoms with Crippen molar-refractivity contribution in [3.8, 4) is 0 Å². The van der Waals surface area contributed by atoms with Crippen molar-refractivity contribution < 1.29 is 19.7 Å². The number of rotatable bonds is 19. The minimum absolute atomic E-state index is 0.112. The first-order valence-corrected chi connectivity index (χ1v) is 10.8. The van der Waals surface area contributed by atoms with Gasteiger partial charge in [-0.15, -0.1) is 0 Å². The quantitative estimate of drug-likeness (QED) is 0.184. The third-order valence-electron chi connectivity index (χ3n) is 4.53. The molecule has 0 aliphatic carbocycles. The van der Waals surface area contributed by atoms with E-state index >= 15 is 0 Å². The van der Waals surface area contributed by atoms with Crippen molar-refractivity contribution in [2.24, 2.45) is 0 Å². The van der Waals surface area contributed by atoms with Gasteiger partial charge in [0.15, 0.2) is 0 Å². The van der Waals surface area contributed by atoms with Crippen molar-refractivity contribution in [3.63, 3.8) is 0 Å². The highest BCUT2D eigenvalue weighted by molar-refractivity contribution is 5.69. The zero-order chi connectivity index (χ0) is 19.3. The lowest BCUT2D eigenvalue weighted by Gasteiger charge is -2.07. The molecule has 0 aromatic carbocycles. The molecule has 0 rings (SSSR count). The van der Waals surface area contributed by atoms with E-state index < -0.39 is 0 Å². The lowest BCUT2D eigenvalue weighted by molar-refractivity contribution is -0.143. The van der Waals surface area contributed by atoms with Gasteiger partial charge in [0, 0.05) is 13.0 Å². The Labute approximate surface area is 161 Å². The molecule has 1 atom stereocenters. The Morgan fingerprint density at radius 3 is 2.42 bits per heavy atom. The van der Waals surface area contributed by atoms with Gasteiger partial charge in [-0.3, -0.25) is 4.79 Å². The topological polar surface area (TPSA) is 66.8 Å². The maximum absolute atomic E-state index is 11.5. The van der Waals surface area contributed by atoms with Crippen LogP contribution in [0.3, 0.4) is 0 Å². The third-order valence-corrected chi connectivity index (χ3v) is 4.53. The molecule has 0 saturated carbocycles. The smallest absolute Gasteiger partial charge is 0.305 e. The standard InChI is InChI=1S/C22H42O4/c1-2-3-4-11-16-21(24)17-12-9-7-5-6-8-10-13-18-22(25)26-20-15-14-19-23/h9,12,21,23-24H,2-8,10-11,13-20H2,1H3/t21-/m1/s1. The number of hydrogen-bond donors (Lipinski definition) is 2. The van der Waals surface area contributed by atoms with E-state index in [1.807, 2.05) is 0 Å². The number of unbranched alkanes of at least 4 members (excludes halogenated alkanes) is 9. The molecule has 2 N–H and O–H groups in total. The molecule has 0 saturated heterocycles. The number of carbonyl (C=O) groups is 1. The van der Waals surface area contributed by atoms with Crippen LogP contribution in [0.1, 0.15) is 103 Å². The summed E-state index contributed by atoms with van der Waals surface area (Å²) < 4.78 is 5.09. The molecule has 4 heteroatoms. The van der Waals surface area contributed by atoms with Crippen molar-refractivity contribution in [2.75, 3.05) is 13.2 Å². The Kier molecular flexibility index (Phi) is 19.8. The van der Waals surface area contributed by atoms with Crippen LogP contribution in [-0.2, 0) is 9.53 Å². The molecule has 0 unspecified atom stereocenters. The minimum atomic E-state index is -0.175. The van der Waals surface area contributed by atoms with Crippen LogP contribution in [0, 0.1) is 0 Å². The van der Waals surface area contributed by atoms with Crippen molar-refractivity contribution in [2.45, 2.75) is 109 Å². The average Bonchev–Trinajstić information content (AvgIpc) is 2.64. The molecule has 26 heavy (non-hydrogen) atoms. The molecular formula is C22H42O4. The largest absolute Gasteiger partial charge is 0.466 e. The van der Waals surface area contributed by atoms with Gasteiger partial charge in [0.25, 0.3) is 0 Å². The lowest BCUT2D eigenvalue weighted by atomic mass is 10.1. The van der Waals surface area contributed by atoms with Crippen LogP contribution < -0.4 is 0 Å². The lowest BCUT2D eigenvalue weighted by Crippen LogP contribution is -2.06. The molecule has 0 spiro atoms. The molecule has 0 radical (unpaired) electrons. The van der Waals surface area contributed by atoms with Crippen LogP contribution >= 0.6 is 0 Å². The number of aliphatic hydroxyl groups is 2. The summed E-state index contributed by atoms with van der Waals surface area (Å²) >= 11 is 0. The fraction of sp³-hybridized carbons (Fsp3) is 0.864. The Morgan fingerprint density at radius 2 is 1.65 bits per heavy atom. The van der Waals surface area contributed by atoms with E-state index in [1.165, 1.54) is 32.1 Å². The maximum atomic E-state index is 11.5. The first kappa shape index (κ1) is 25.1. The van der Waals surface area contributed by atoms with Crippen molar-refractivity contribution >= 4 is 5.97 Å². The van der Waals surface area contributed by atoms with E-state index in [0.717, 1.165) is 51.4 Å². The van der Waals surface area contributed by atoms with Gasteiger partial charge in [-0.2, -0.15) is 0 Å². The number of allylic oxidation sites excluding steroid dienone is 1. The number of esters is 1. The van der Waals surface area contributed by atoms with Crippen LogP contribution in [0.15, 0.2) is 12.2 Å². The van der Waals surface area contributed by atoms with Gasteiger partial charge in [0.1, 0.15) is 0 Å². The van der Waals surface area contributed by atoms with Gasteiger partial charge in [-0.05, 0) is 44.9 Å². The Hall–Kier alpha value is -0.870. The van der Waals surface area contributed by atoms with Gasteiger partial charge in [0.05, 0.1) is 12.7 Å². The third kappa shape index (κ3) is 19.5. The second-order valence-electron chi connectivity index (χ2n) is 7.17. The van der Waals surface area contributed by atoms with Gasteiger partial charge in [0.2, 0.25) is 0 Å². The Bertz CT molecular complexity index is 328. The normalized spacial score (nSPS) is 12.6. The minimum Gasteiger partial charge on any atom is -0.466 e. The first-order chi connectivity index (χ1) is 12.7. The summed E-state index contributed by atoms with van der Waals surface area (Å²) in [4.78, 5) is 11.5. The fourth-order valence-corrected chi connectivity index (χ4v) is 2.83. The van der Waals surface area contributed by atoms with E-state index in [2.05, 4.69) is 19.1 Å². The summed E-state index contributed by atoms with van der Waals surface area (Å²) in [7, 11) is 0. The molecule has 4 nitrogen and oxygen atoms in total. The molecule has 0 aromatic rings. The highest BCUT2D eigenvalue weighted by atomic mass is 16.5. The van der Waals surface area contributed by atoms with Gasteiger partial charge in [-0.25, -0.2) is 0 Å². The van der Waals surface area contributed by atoms with E-state index in [9.17, 15) is 9.90 Å². The van der Waals surface area contributed by atoms with Crippen LogP contribution in [0.2, 0.25) is 0 Å². The van der Waals surface area contributed by atoms with Crippen LogP contribution in [0.5, 0.6) is 0 Å². The van der Waals surface area contributed by atoms with Crippen molar-refractivity contribution in [1.29, 1.82) is 0 Å². The number of carbonyl (C=O) groups excluding carboxylic acids is 1. The molecule has 0 aromatic heterocycles. The Morgan fingerprint density at radius 1 is 0.923 bits per heavy atom. The summed E-state index contributed by atoms with van der Waals surface area (Å²) in [6.45, 7) is 2.79. The highest BCUT2D eigenvalue weighted by Gasteiger charge is 2.02. The number of ether oxygens (including phenoxy) is 1. The first-order valence-electron chi connectivity index (χ1n) is 10.8. The van der Waals surface area contributed by atoms with Crippen molar-refractivity contribution in [3.05, 3.63) is 12.2 Å². The SMILES string of the molecule is CCCCCC[C@@H](O)CC=CCCCCCCCC(=O)OCCCCO. The van der Waals surface area contributed by atoms with E-state index in [0.29, 0.717) is 19.4 Å². The molecule has 0 heterocycles. The molecule has 0 aliphatic heterocycles. The predicted octanol–water partition coefficient (Wildman–Crippen LogP) is 5.31. The summed E-state index contributed by atoms with van der Waals surface area (Å²) in [6.07, 6.45) is 19.3. The van der Waals surface area contributed by atoms with Crippen LogP contribution in [0.4, 0.5) is 0 Å². The van der Waals surface area contributed by atoms with E-state index in [-0.39, 0.29) is 18.7 Å². The zero-order valence-electron chi connectivity index (χ0n) is 17.0. The van der Waals surface area contributed by atoms with E-state index in [4.69, 9.17) is 9.84 Å². The van der Waals surface area contributed by atoms with Crippen LogP contribution in [-0.4, -0.2) is 35.5 Å². The second kappa shape index (κ2) is 20.4. The zero-order valence-corrected chi connectivity index (χ0v) is 17.0. The molecule has 0 amide bonds. The molecular weight excluding hydrogens is 328 g/mol. The van der Waals surface area contributed by atoms with E-state index in [1.54, 1.807) is 0 Å². The number of hydrogen-bond acceptors (Lipinski definition) is 4. The maximum Gasteiger partial charge on any atom is 0.305 e. The number of aliphatic hydroxyl groups excluding tert-OH is 2. The monoisotopic (exact) mass is 370 g/mol. The summed E-state index contributed by atoms with van der Waals surface area (Å²) in [6, 6.07) is 0. The Balaban J connectivity index is 3.30. The molecule has 154 valence electrons. The average molecular weight is 371 g/mol. The summed E-state index contributed by atoms with van der Waals surface area (Å²) in [5.41, 5.74) is 0. The van der Waals surface area contributed by atoms with Gasteiger partial charge < -0.3 is 14.9 Å². The summed E-state index contributed by atoms with van der Waals surface area (Å²) in [5.74, 6) is -0.112. The molecule has 0 aliphatic rings. The predicted molar refractivity (Wildman–Crippen MR) is 108 cm³/mol. The molecule has 0 fully saturated rings.